The molecule has 130 valence electrons. The summed E-state index contributed by atoms with van der Waals surface area (Å²) in [7, 11) is 0. The van der Waals surface area contributed by atoms with E-state index in [1.807, 2.05) is 35.9 Å². The van der Waals surface area contributed by atoms with Crippen LogP contribution in [0.2, 0.25) is 5.02 Å². The molecule has 1 N–H and O–H groups in total. The maximum Gasteiger partial charge on any atom is 0.137 e. The Kier molecular flexibility index (Phi) is 4.68. The number of pyridine rings is 1. The summed E-state index contributed by atoms with van der Waals surface area (Å²) in [6.07, 6.45) is 8.46. The van der Waals surface area contributed by atoms with Gasteiger partial charge >= 0.3 is 0 Å². The first-order valence-corrected chi connectivity index (χ1v) is 9.25. The maximum atomic E-state index is 6.15. The van der Waals surface area contributed by atoms with Crippen LogP contribution in [0.1, 0.15) is 30.8 Å². The molecule has 1 fully saturated rings. The van der Waals surface area contributed by atoms with E-state index in [1.54, 1.807) is 0 Å². The number of fused-ring (bicyclic) bond motifs is 1. The van der Waals surface area contributed by atoms with E-state index in [9.17, 15) is 0 Å². The van der Waals surface area contributed by atoms with Crippen molar-refractivity contribution in [1.82, 2.24) is 24.7 Å². The molecule has 1 unspecified atom stereocenters. The number of hydrogen-bond donors (Lipinski definition) is 1. The molecule has 1 aliphatic heterocycles. The number of rotatable bonds is 3. The van der Waals surface area contributed by atoms with Crippen molar-refractivity contribution in [3.8, 4) is 11.4 Å². The van der Waals surface area contributed by atoms with Gasteiger partial charge in [-0.15, -0.1) is 0 Å². The largest absolute Gasteiger partial charge is 0.317 e. The van der Waals surface area contributed by atoms with E-state index in [2.05, 4.69) is 26.3 Å². The fourth-order valence-corrected chi connectivity index (χ4v) is 3.76. The number of imidazole rings is 1. The number of nitrogens with zero attached hydrogens (tertiary/aromatic N) is 4. The lowest BCUT2D eigenvalue weighted by atomic mass is 9.95. The van der Waals surface area contributed by atoms with Crippen molar-refractivity contribution in [2.45, 2.75) is 32.6 Å². The second kappa shape index (κ2) is 7.10. The fraction of sp³-hybridized carbons (Fsp3) is 0.421. The minimum Gasteiger partial charge on any atom is -0.317 e. The molecule has 6 heteroatoms. The van der Waals surface area contributed by atoms with Gasteiger partial charge in [-0.3, -0.25) is 4.40 Å². The summed E-state index contributed by atoms with van der Waals surface area (Å²) in [6, 6.07) is 5.87. The van der Waals surface area contributed by atoms with Crippen LogP contribution in [-0.4, -0.2) is 32.4 Å². The van der Waals surface area contributed by atoms with Gasteiger partial charge in [0, 0.05) is 11.9 Å². The Bertz CT molecular complexity index is 881. The molecule has 25 heavy (non-hydrogen) atoms. The van der Waals surface area contributed by atoms with E-state index < -0.39 is 0 Å². The Balaban J connectivity index is 1.67. The number of hydrogen-bond acceptors (Lipinski definition) is 4. The van der Waals surface area contributed by atoms with Gasteiger partial charge < -0.3 is 5.32 Å². The van der Waals surface area contributed by atoms with E-state index >= 15 is 0 Å². The van der Waals surface area contributed by atoms with Crippen LogP contribution in [0.3, 0.4) is 0 Å². The van der Waals surface area contributed by atoms with Crippen LogP contribution >= 0.6 is 11.6 Å². The Morgan fingerprint density at radius 3 is 3.08 bits per heavy atom. The maximum absolute atomic E-state index is 6.15. The Hall–Kier alpha value is -1.98. The second-order valence-corrected chi connectivity index (χ2v) is 7.20. The number of aromatic nitrogens is 4. The van der Waals surface area contributed by atoms with Crippen molar-refractivity contribution in [1.29, 1.82) is 0 Å². The van der Waals surface area contributed by atoms with Crippen LogP contribution in [0.15, 0.2) is 30.6 Å². The van der Waals surface area contributed by atoms with Crippen molar-refractivity contribution in [2.24, 2.45) is 5.92 Å². The highest BCUT2D eigenvalue weighted by Gasteiger charge is 2.16. The summed E-state index contributed by atoms with van der Waals surface area (Å²) < 4.78 is 1.99. The molecule has 0 bridgehead atoms. The average molecular weight is 356 g/mol. The first-order chi connectivity index (χ1) is 12.2. The predicted octanol–water partition coefficient (Wildman–Crippen LogP) is 3.69. The van der Waals surface area contributed by atoms with Gasteiger partial charge in [-0.25, -0.2) is 15.0 Å². The molecule has 0 aromatic carbocycles. The fourth-order valence-electron chi connectivity index (χ4n) is 3.60. The third-order valence-electron chi connectivity index (χ3n) is 4.82. The standard InChI is InChI=1S/C19H22ClN5/c1-13-23-16(9-14-3-2-7-21-8-6-14)10-17(24-13)18-11-22-19-5-4-15(20)12-25(18)19/h4-5,10-12,14,21H,2-3,6-9H2,1H3. The highest BCUT2D eigenvalue weighted by molar-refractivity contribution is 6.30. The predicted molar refractivity (Wildman–Crippen MR) is 99.9 cm³/mol. The van der Waals surface area contributed by atoms with Gasteiger partial charge in [0.15, 0.2) is 0 Å². The molecule has 4 heterocycles. The molecule has 0 saturated carbocycles. The molecular formula is C19H22ClN5. The highest BCUT2D eigenvalue weighted by Crippen LogP contribution is 2.24. The van der Waals surface area contributed by atoms with Crippen molar-refractivity contribution in [3.63, 3.8) is 0 Å². The van der Waals surface area contributed by atoms with Crippen LogP contribution in [0.5, 0.6) is 0 Å². The van der Waals surface area contributed by atoms with Crippen molar-refractivity contribution in [3.05, 3.63) is 47.1 Å². The molecule has 3 aromatic rings. The summed E-state index contributed by atoms with van der Waals surface area (Å²) >= 11 is 6.15. The zero-order valence-electron chi connectivity index (χ0n) is 14.4. The summed E-state index contributed by atoms with van der Waals surface area (Å²) in [5.74, 6) is 1.49. The smallest absolute Gasteiger partial charge is 0.137 e. The van der Waals surface area contributed by atoms with Gasteiger partial charge in [-0.1, -0.05) is 11.6 Å². The molecule has 0 aliphatic carbocycles. The Morgan fingerprint density at radius 1 is 1.24 bits per heavy atom. The van der Waals surface area contributed by atoms with Crippen LogP contribution in [0.25, 0.3) is 17.0 Å². The number of nitrogens with one attached hydrogen (secondary N) is 1. The zero-order chi connectivity index (χ0) is 17.2. The van der Waals surface area contributed by atoms with Gasteiger partial charge in [-0.05, 0) is 69.8 Å². The number of halogens is 1. The minimum absolute atomic E-state index is 0.684. The van der Waals surface area contributed by atoms with Gasteiger partial charge in [0.25, 0.3) is 0 Å². The third kappa shape index (κ3) is 3.67. The average Bonchev–Trinajstić information content (AvgIpc) is 2.82. The molecule has 3 aromatic heterocycles. The lowest BCUT2D eigenvalue weighted by Crippen LogP contribution is -2.14. The van der Waals surface area contributed by atoms with Gasteiger partial charge in [0.05, 0.1) is 22.6 Å². The van der Waals surface area contributed by atoms with E-state index in [0.717, 1.165) is 48.1 Å². The van der Waals surface area contributed by atoms with E-state index in [0.29, 0.717) is 10.9 Å². The normalized spacial score (nSPS) is 18.4. The lowest BCUT2D eigenvalue weighted by molar-refractivity contribution is 0.464. The molecule has 1 aliphatic rings. The second-order valence-electron chi connectivity index (χ2n) is 6.76. The molecule has 0 radical (unpaired) electrons. The molecule has 0 amide bonds. The topological polar surface area (TPSA) is 55.1 Å². The number of aryl methyl sites for hydroxylation is 1. The van der Waals surface area contributed by atoms with Crippen LogP contribution in [-0.2, 0) is 6.42 Å². The van der Waals surface area contributed by atoms with Crippen molar-refractivity contribution < 1.29 is 0 Å². The minimum atomic E-state index is 0.684. The Labute approximate surface area is 152 Å². The SMILES string of the molecule is Cc1nc(CC2CCCNCC2)cc(-c2cnc3ccc(Cl)cn23)n1. The van der Waals surface area contributed by atoms with E-state index in [4.69, 9.17) is 11.6 Å². The molecular weight excluding hydrogens is 334 g/mol. The van der Waals surface area contributed by atoms with Crippen molar-refractivity contribution in [2.75, 3.05) is 13.1 Å². The lowest BCUT2D eigenvalue weighted by Gasteiger charge is -2.14. The quantitative estimate of drug-likeness (QED) is 0.778. The summed E-state index contributed by atoms with van der Waals surface area (Å²) in [4.78, 5) is 13.8. The monoisotopic (exact) mass is 355 g/mol. The molecule has 4 rings (SSSR count). The highest BCUT2D eigenvalue weighted by atomic mass is 35.5. The van der Waals surface area contributed by atoms with Crippen LogP contribution < -0.4 is 5.32 Å². The third-order valence-corrected chi connectivity index (χ3v) is 5.04. The Morgan fingerprint density at radius 2 is 2.16 bits per heavy atom. The van der Waals surface area contributed by atoms with Crippen LogP contribution in [0, 0.1) is 12.8 Å². The molecule has 1 atom stereocenters. The molecule has 0 spiro atoms. The van der Waals surface area contributed by atoms with Gasteiger partial charge in [0.2, 0.25) is 0 Å². The van der Waals surface area contributed by atoms with Crippen LogP contribution in [0.4, 0.5) is 0 Å². The van der Waals surface area contributed by atoms with Crippen molar-refractivity contribution >= 4 is 17.2 Å². The first kappa shape index (κ1) is 16.5. The molecule has 5 nitrogen and oxygen atoms in total. The molecule has 1 saturated heterocycles. The first-order valence-electron chi connectivity index (χ1n) is 8.87. The summed E-state index contributed by atoms with van der Waals surface area (Å²) in [6.45, 7) is 4.19. The summed E-state index contributed by atoms with van der Waals surface area (Å²) in [5, 5.41) is 4.16. The van der Waals surface area contributed by atoms with E-state index in [-0.39, 0.29) is 0 Å². The summed E-state index contributed by atoms with van der Waals surface area (Å²) in [5.41, 5.74) is 3.84. The van der Waals surface area contributed by atoms with Gasteiger partial charge in [-0.2, -0.15) is 0 Å². The zero-order valence-corrected chi connectivity index (χ0v) is 15.1. The van der Waals surface area contributed by atoms with E-state index in [1.165, 1.54) is 19.3 Å². The van der Waals surface area contributed by atoms with Gasteiger partial charge in [0.1, 0.15) is 11.5 Å².